The Morgan fingerprint density at radius 2 is 1.88 bits per heavy atom. The maximum atomic E-state index is 9.80. The van der Waals surface area contributed by atoms with Crippen molar-refractivity contribution in [3.05, 3.63) is 58.7 Å². The van der Waals surface area contributed by atoms with E-state index in [4.69, 9.17) is 4.74 Å². The lowest BCUT2D eigenvalue weighted by atomic mass is 10.0. The van der Waals surface area contributed by atoms with Crippen molar-refractivity contribution in [2.45, 2.75) is 20.8 Å². The molecule has 1 heterocycles. The summed E-state index contributed by atoms with van der Waals surface area (Å²) in [4.78, 5) is 4.66. The van der Waals surface area contributed by atoms with Crippen molar-refractivity contribution in [2.75, 3.05) is 12.5 Å². The van der Waals surface area contributed by atoms with Crippen molar-refractivity contribution in [1.82, 2.24) is 4.98 Å². The molecule has 0 amide bonds. The van der Waals surface area contributed by atoms with Gasteiger partial charge in [-0.25, -0.2) is 4.98 Å². The lowest BCUT2D eigenvalue weighted by Crippen LogP contribution is -1.97. The molecule has 3 aromatic rings. The molecule has 3 rings (SSSR count). The summed E-state index contributed by atoms with van der Waals surface area (Å²) in [5, 5.41) is 15.2. The number of nitrogens with one attached hydrogen (secondary N) is 1. The Hall–Kier alpha value is -3.08. The molecule has 128 valence electrons. The van der Waals surface area contributed by atoms with Gasteiger partial charge in [-0.3, -0.25) is 5.43 Å². The second-order valence-corrected chi connectivity index (χ2v) is 6.10. The number of phenols is 1. The molecule has 25 heavy (non-hydrogen) atoms. The number of aromatic hydroxyl groups is 1. The predicted octanol–water partition coefficient (Wildman–Crippen LogP) is 4.32. The Bertz CT molecular complexity index is 965. The number of rotatable bonds is 4. The van der Waals surface area contributed by atoms with Gasteiger partial charge in [0.25, 0.3) is 0 Å². The molecule has 0 aliphatic carbocycles. The summed E-state index contributed by atoms with van der Waals surface area (Å²) in [6, 6.07) is 11.4. The fraction of sp³-hybridized carbons (Fsp3) is 0.200. The monoisotopic (exact) mass is 335 g/mol. The smallest absolute Gasteiger partial charge is 0.160 e. The standard InChI is InChI=1S/C20H21N3O2/c1-12-7-14(3)20-16(8-12)13(2)9-19(22-20)23-21-11-15-5-6-18(25-4)17(24)10-15/h5-11,24H,1-4H3,(H,22,23). The van der Waals surface area contributed by atoms with Crippen molar-refractivity contribution in [3.63, 3.8) is 0 Å². The van der Waals surface area contributed by atoms with E-state index in [1.54, 1.807) is 18.3 Å². The van der Waals surface area contributed by atoms with E-state index >= 15 is 0 Å². The maximum Gasteiger partial charge on any atom is 0.160 e. The molecule has 0 fully saturated rings. The zero-order valence-corrected chi connectivity index (χ0v) is 14.8. The first-order valence-corrected chi connectivity index (χ1v) is 8.02. The molecule has 0 spiro atoms. The number of methoxy groups -OCH3 is 1. The quantitative estimate of drug-likeness (QED) is 0.550. The van der Waals surface area contributed by atoms with Gasteiger partial charge in [0.05, 0.1) is 18.8 Å². The molecule has 5 nitrogen and oxygen atoms in total. The highest BCUT2D eigenvalue weighted by molar-refractivity contribution is 5.87. The molecule has 0 saturated carbocycles. The molecule has 0 atom stereocenters. The van der Waals surface area contributed by atoms with Gasteiger partial charge in [0.1, 0.15) is 5.82 Å². The zero-order valence-electron chi connectivity index (χ0n) is 14.8. The van der Waals surface area contributed by atoms with Crippen molar-refractivity contribution in [1.29, 1.82) is 0 Å². The zero-order chi connectivity index (χ0) is 18.0. The van der Waals surface area contributed by atoms with Gasteiger partial charge >= 0.3 is 0 Å². The summed E-state index contributed by atoms with van der Waals surface area (Å²) in [6.07, 6.45) is 1.63. The van der Waals surface area contributed by atoms with Crippen LogP contribution in [0.3, 0.4) is 0 Å². The minimum atomic E-state index is 0.0807. The number of anilines is 1. The van der Waals surface area contributed by atoms with Crippen molar-refractivity contribution >= 4 is 22.9 Å². The lowest BCUT2D eigenvalue weighted by Gasteiger charge is -2.09. The fourth-order valence-electron chi connectivity index (χ4n) is 2.86. The van der Waals surface area contributed by atoms with Gasteiger partial charge in [0, 0.05) is 5.39 Å². The van der Waals surface area contributed by atoms with Crippen molar-refractivity contribution < 1.29 is 9.84 Å². The molecule has 5 heteroatoms. The van der Waals surface area contributed by atoms with Gasteiger partial charge in [0.15, 0.2) is 11.5 Å². The third-order valence-corrected chi connectivity index (χ3v) is 4.05. The van der Waals surface area contributed by atoms with E-state index < -0.39 is 0 Å². The molecule has 0 unspecified atom stereocenters. The normalized spacial score (nSPS) is 11.2. The molecular weight excluding hydrogens is 314 g/mol. The number of hydrogen-bond acceptors (Lipinski definition) is 5. The summed E-state index contributed by atoms with van der Waals surface area (Å²) in [7, 11) is 1.52. The summed E-state index contributed by atoms with van der Waals surface area (Å²) >= 11 is 0. The minimum absolute atomic E-state index is 0.0807. The minimum Gasteiger partial charge on any atom is -0.504 e. The molecule has 0 aliphatic heterocycles. The molecule has 2 aromatic carbocycles. The summed E-state index contributed by atoms with van der Waals surface area (Å²) in [5.41, 5.74) is 8.22. The first kappa shape index (κ1) is 16.8. The van der Waals surface area contributed by atoms with Gasteiger partial charge in [0.2, 0.25) is 0 Å². The largest absolute Gasteiger partial charge is 0.504 e. The van der Waals surface area contributed by atoms with Crippen LogP contribution in [0.15, 0.2) is 41.5 Å². The van der Waals surface area contributed by atoms with Gasteiger partial charge in [-0.05, 0) is 67.8 Å². The first-order valence-electron chi connectivity index (χ1n) is 8.02. The summed E-state index contributed by atoms with van der Waals surface area (Å²) < 4.78 is 5.03. The summed E-state index contributed by atoms with van der Waals surface area (Å²) in [6.45, 7) is 6.22. The number of phenolic OH excluding ortho intramolecular Hbond substituents is 1. The molecule has 0 bridgehead atoms. The molecule has 2 N–H and O–H groups in total. The van der Waals surface area contributed by atoms with E-state index in [9.17, 15) is 5.11 Å². The molecular formula is C20H21N3O2. The van der Waals surface area contributed by atoms with Crippen LogP contribution in [0, 0.1) is 20.8 Å². The highest BCUT2D eigenvalue weighted by Crippen LogP contribution is 2.26. The van der Waals surface area contributed by atoms with Crippen LogP contribution >= 0.6 is 0 Å². The van der Waals surface area contributed by atoms with Crippen LogP contribution in [0.25, 0.3) is 10.9 Å². The second-order valence-electron chi connectivity index (χ2n) is 6.10. The Morgan fingerprint density at radius 3 is 2.60 bits per heavy atom. The average molecular weight is 335 g/mol. The molecule has 0 aliphatic rings. The Labute approximate surface area is 147 Å². The Morgan fingerprint density at radius 1 is 1.08 bits per heavy atom. The second kappa shape index (κ2) is 6.81. The number of aromatic nitrogens is 1. The van der Waals surface area contributed by atoms with E-state index in [2.05, 4.69) is 48.4 Å². The number of fused-ring (bicyclic) bond motifs is 1. The number of benzene rings is 2. The molecule has 1 aromatic heterocycles. The molecule has 0 saturated heterocycles. The number of nitrogens with zero attached hydrogens (tertiary/aromatic N) is 2. The van der Waals surface area contributed by atoms with Crippen LogP contribution < -0.4 is 10.2 Å². The first-order chi connectivity index (χ1) is 12.0. The van der Waals surface area contributed by atoms with Crippen molar-refractivity contribution in [2.24, 2.45) is 5.10 Å². The summed E-state index contributed by atoms with van der Waals surface area (Å²) in [5.74, 6) is 1.20. The van der Waals surface area contributed by atoms with E-state index in [0.29, 0.717) is 11.6 Å². The van der Waals surface area contributed by atoms with Crippen LogP contribution in [0.1, 0.15) is 22.3 Å². The third-order valence-electron chi connectivity index (χ3n) is 4.05. The fourth-order valence-corrected chi connectivity index (χ4v) is 2.86. The van der Waals surface area contributed by atoms with Crippen molar-refractivity contribution in [3.8, 4) is 11.5 Å². The highest BCUT2D eigenvalue weighted by Gasteiger charge is 2.06. The van der Waals surface area contributed by atoms with Crippen LogP contribution in [-0.2, 0) is 0 Å². The van der Waals surface area contributed by atoms with E-state index in [-0.39, 0.29) is 5.75 Å². The number of aryl methyl sites for hydroxylation is 3. The Balaban J connectivity index is 1.85. The SMILES string of the molecule is COc1ccc(C=NNc2cc(C)c3cc(C)cc(C)c3n2)cc1O. The maximum absolute atomic E-state index is 9.80. The van der Waals surface area contributed by atoms with E-state index in [1.807, 2.05) is 12.1 Å². The van der Waals surface area contributed by atoms with Gasteiger partial charge < -0.3 is 9.84 Å². The van der Waals surface area contributed by atoms with E-state index in [1.165, 1.54) is 12.7 Å². The Kier molecular flexibility index (Phi) is 4.57. The predicted molar refractivity (Wildman–Crippen MR) is 102 cm³/mol. The van der Waals surface area contributed by atoms with Gasteiger partial charge in [-0.1, -0.05) is 11.6 Å². The topological polar surface area (TPSA) is 66.7 Å². The lowest BCUT2D eigenvalue weighted by molar-refractivity contribution is 0.373. The van der Waals surface area contributed by atoms with Crippen LogP contribution in [-0.4, -0.2) is 23.4 Å². The van der Waals surface area contributed by atoms with Crippen LogP contribution in [0.5, 0.6) is 11.5 Å². The number of pyridine rings is 1. The number of ether oxygens (including phenoxy) is 1. The van der Waals surface area contributed by atoms with Gasteiger partial charge in [-0.2, -0.15) is 5.10 Å². The van der Waals surface area contributed by atoms with Crippen LogP contribution in [0.2, 0.25) is 0 Å². The third kappa shape index (κ3) is 3.55. The average Bonchev–Trinajstić information content (AvgIpc) is 2.56. The number of hydrazone groups is 1. The van der Waals surface area contributed by atoms with E-state index in [0.717, 1.165) is 27.6 Å². The highest BCUT2D eigenvalue weighted by atomic mass is 16.5. The van der Waals surface area contributed by atoms with Crippen LogP contribution in [0.4, 0.5) is 5.82 Å². The number of hydrogen-bond donors (Lipinski definition) is 2. The van der Waals surface area contributed by atoms with Gasteiger partial charge in [-0.15, -0.1) is 0 Å². The molecule has 0 radical (unpaired) electrons.